The fraction of sp³-hybridized carbons (Fsp3) is 0.269. The summed E-state index contributed by atoms with van der Waals surface area (Å²) in [4.78, 5) is 15.0. The van der Waals surface area contributed by atoms with E-state index in [0.717, 1.165) is 49.5 Å². The summed E-state index contributed by atoms with van der Waals surface area (Å²) in [6.07, 6.45) is 3.30. The lowest BCUT2D eigenvalue weighted by Crippen LogP contribution is -2.24. The van der Waals surface area contributed by atoms with E-state index in [1.807, 2.05) is 6.07 Å². The molecule has 0 spiro atoms. The summed E-state index contributed by atoms with van der Waals surface area (Å²) in [7, 11) is 4.25. The molecule has 0 atom stereocenters. The molecule has 188 valence electrons. The molecule has 0 saturated heterocycles. The van der Waals surface area contributed by atoms with Crippen LogP contribution in [0.15, 0.2) is 54.6 Å². The predicted octanol–water partition coefficient (Wildman–Crippen LogP) is 5.45. The molecule has 4 N–H and O–H groups in total. The van der Waals surface area contributed by atoms with E-state index in [-0.39, 0.29) is 18.0 Å². The molecule has 1 aliphatic rings. The number of phenols is 3. The molecule has 0 aromatic heterocycles. The van der Waals surface area contributed by atoms with Crippen molar-refractivity contribution < 1.29 is 25.2 Å². The van der Waals surface area contributed by atoms with Crippen molar-refractivity contribution in [1.82, 2.24) is 4.90 Å². The van der Waals surface area contributed by atoms with Gasteiger partial charge in [-0.25, -0.2) is 4.79 Å². The van der Waals surface area contributed by atoms with E-state index in [0.29, 0.717) is 0 Å². The van der Waals surface area contributed by atoms with Crippen molar-refractivity contribution >= 4 is 41.4 Å². The van der Waals surface area contributed by atoms with Gasteiger partial charge in [0.2, 0.25) is 0 Å². The zero-order chi connectivity index (χ0) is 24.8. The molecule has 0 saturated carbocycles. The van der Waals surface area contributed by atoms with Crippen molar-refractivity contribution in [3.8, 4) is 17.2 Å². The molecular formula is C26H30Cl2N2O5. The molecule has 0 aliphatic carbocycles. The van der Waals surface area contributed by atoms with E-state index < -0.39 is 23.2 Å². The van der Waals surface area contributed by atoms with Crippen molar-refractivity contribution in [2.75, 3.05) is 32.1 Å². The number of aryl methyl sites for hydroxylation is 2. The molecule has 1 heterocycles. The normalized spacial score (nSPS) is 11.9. The first-order valence-electron chi connectivity index (χ1n) is 10.9. The lowest BCUT2D eigenvalue weighted by atomic mass is 10.0. The summed E-state index contributed by atoms with van der Waals surface area (Å²) in [5.41, 5.74) is 5.14. The minimum Gasteiger partial charge on any atom is -0.504 e. The molecule has 3 aromatic carbocycles. The second-order valence-electron chi connectivity index (χ2n) is 8.38. The van der Waals surface area contributed by atoms with Crippen LogP contribution in [0.1, 0.15) is 27.9 Å². The van der Waals surface area contributed by atoms with Gasteiger partial charge in [-0.1, -0.05) is 35.9 Å². The fourth-order valence-corrected chi connectivity index (χ4v) is 4.06. The van der Waals surface area contributed by atoms with Gasteiger partial charge in [0.15, 0.2) is 17.2 Å². The Hall–Kier alpha value is -3.13. The van der Waals surface area contributed by atoms with E-state index in [4.69, 9.17) is 32.0 Å². The van der Waals surface area contributed by atoms with Gasteiger partial charge in [0.05, 0.1) is 5.56 Å². The van der Waals surface area contributed by atoms with Gasteiger partial charge in [0, 0.05) is 22.9 Å². The van der Waals surface area contributed by atoms with E-state index in [1.165, 1.54) is 22.5 Å². The van der Waals surface area contributed by atoms with Gasteiger partial charge in [0.25, 0.3) is 0 Å². The van der Waals surface area contributed by atoms with E-state index >= 15 is 0 Å². The maximum absolute atomic E-state index is 10.3. The van der Waals surface area contributed by atoms with Crippen LogP contribution in [0.3, 0.4) is 0 Å². The largest absolute Gasteiger partial charge is 0.504 e. The van der Waals surface area contributed by atoms with Gasteiger partial charge >= 0.3 is 5.97 Å². The van der Waals surface area contributed by atoms with Gasteiger partial charge < -0.3 is 30.2 Å². The highest BCUT2D eigenvalue weighted by molar-refractivity contribution is 6.30. The number of nitrogens with zero attached hydrogens (tertiary/aromatic N) is 2. The highest BCUT2D eigenvalue weighted by atomic mass is 35.5. The first-order valence-corrected chi connectivity index (χ1v) is 11.3. The maximum Gasteiger partial charge on any atom is 0.335 e. The average molecular weight is 521 g/mol. The minimum absolute atomic E-state index is 0. The quantitative estimate of drug-likeness (QED) is 0.331. The van der Waals surface area contributed by atoms with Gasteiger partial charge in [-0.2, -0.15) is 0 Å². The van der Waals surface area contributed by atoms with Crippen LogP contribution in [-0.2, 0) is 12.8 Å². The number of para-hydroxylation sites is 1. The Balaban J connectivity index is 0.000000284. The van der Waals surface area contributed by atoms with Crippen LogP contribution in [0.4, 0.5) is 11.4 Å². The number of hydrogen-bond donors (Lipinski definition) is 4. The Labute approximate surface area is 216 Å². The zero-order valence-electron chi connectivity index (χ0n) is 19.6. The fourth-order valence-electron chi connectivity index (χ4n) is 3.90. The van der Waals surface area contributed by atoms with Crippen LogP contribution in [0.5, 0.6) is 17.2 Å². The molecule has 3 aromatic rings. The number of carboxylic acid groups (broad SMARTS) is 1. The smallest absolute Gasteiger partial charge is 0.335 e. The third-order valence-corrected chi connectivity index (χ3v) is 5.82. The van der Waals surface area contributed by atoms with Gasteiger partial charge in [-0.3, -0.25) is 0 Å². The van der Waals surface area contributed by atoms with Crippen molar-refractivity contribution in [1.29, 1.82) is 0 Å². The summed E-state index contributed by atoms with van der Waals surface area (Å²) >= 11 is 6.27. The van der Waals surface area contributed by atoms with Crippen molar-refractivity contribution in [2.45, 2.75) is 19.3 Å². The SMILES string of the molecule is CN(C)CCCN1c2ccccc2CCc2ccc(Cl)cc21.Cl.O=C(O)c1cc(O)c(O)c(O)c1. The molecule has 0 amide bonds. The Morgan fingerprint density at radius 1 is 0.943 bits per heavy atom. The van der Waals surface area contributed by atoms with Crippen LogP contribution < -0.4 is 4.90 Å². The average Bonchev–Trinajstić information content (AvgIpc) is 2.94. The predicted molar refractivity (Wildman–Crippen MR) is 141 cm³/mol. The van der Waals surface area contributed by atoms with Crippen molar-refractivity contribution in [3.63, 3.8) is 0 Å². The zero-order valence-corrected chi connectivity index (χ0v) is 21.2. The number of carboxylic acids is 1. The first kappa shape index (κ1) is 28.1. The third kappa shape index (κ3) is 7.18. The molecule has 7 nitrogen and oxygen atoms in total. The molecule has 0 unspecified atom stereocenters. The number of phenolic OH excluding ortho intramolecular Hbond substituents is 3. The first-order chi connectivity index (χ1) is 16.2. The molecule has 35 heavy (non-hydrogen) atoms. The minimum atomic E-state index is -1.29. The number of aromatic carboxylic acids is 1. The second kappa shape index (κ2) is 12.5. The van der Waals surface area contributed by atoms with E-state index in [9.17, 15) is 4.79 Å². The summed E-state index contributed by atoms with van der Waals surface area (Å²) in [6.45, 7) is 2.11. The molecule has 0 fully saturated rings. The Kier molecular flexibility index (Phi) is 10.1. The lowest BCUT2D eigenvalue weighted by molar-refractivity contribution is 0.0696. The topological polar surface area (TPSA) is 104 Å². The standard InChI is InChI=1S/C19H23ClN2.C7H6O5.ClH/c1-21(2)12-5-13-22-18-7-4-3-6-15(18)8-9-16-10-11-17(20)14-19(16)22;8-4-1-3(7(11)12)2-5(9)6(4)10;/h3-4,6-7,10-11,14H,5,8-9,12-13H2,1-2H3;1-2,8-10H,(H,11,12);1H. The van der Waals surface area contributed by atoms with Crippen LogP contribution in [0, 0.1) is 0 Å². The van der Waals surface area contributed by atoms with E-state index in [2.05, 4.69) is 60.3 Å². The Bertz CT molecular complexity index is 1150. The molecule has 0 bridgehead atoms. The van der Waals surface area contributed by atoms with Crippen molar-refractivity contribution in [2.24, 2.45) is 0 Å². The lowest BCUT2D eigenvalue weighted by Gasteiger charge is -2.27. The molecule has 4 rings (SSSR count). The molecule has 9 heteroatoms. The Morgan fingerprint density at radius 2 is 1.54 bits per heavy atom. The van der Waals surface area contributed by atoms with Gasteiger partial charge in [-0.15, -0.1) is 12.4 Å². The molecule has 0 radical (unpaired) electrons. The van der Waals surface area contributed by atoms with Gasteiger partial charge in [-0.05, 0) is 81.4 Å². The van der Waals surface area contributed by atoms with Crippen LogP contribution in [0.2, 0.25) is 5.02 Å². The molecule has 1 aliphatic heterocycles. The highest BCUT2D eigenvalue weighted by Gasteiger charge is 2.20. The number of anilines is 2. The number of fused-ring (bicyclic) bond motifs is 2. The van der Waals surface area contributed by atoms with Gasteiger partial charge in [0.1, 0.15) is 0 Å². The van der Waals surface area contributed by atoms with Crippen molar-refractivity contribution in [3.05, 3.63) is 76.3 Å². The summed E-state index contributed by atoms with van der Waals surface area (Å²) in [6, 6.07) is 16.8. The van der Waals surface area contributed by atoms with Crippen LogP contribution in [-0.4, -0.2) is 58.5 Å². The maximum atomic E-state index is 10.3. The monoisotopic (exact) mass is 520 g/mol. The van der Waals surface area contributed by atoms with Crippen LogP contribution >= 0.6 is 24.0 Å². The van der Waals surface area contributed by atoms with Crippen LogP contribution in [0.25, 0.3) is 0 Å². The summed E-state index contributed by atoms with van der Waals surface area (Å²) in [5, 5.41) is 35.8. The summed E-state index contributed by atoms with van der Waals surface area (Å²) < 4.78 is 0. The number of hydrogen-bond acceptors (Lipinski definition) is 6. The number of halogens is 2. The van der Waals surface area contributed by atoms with E-state index in [1.54, 1.807) is 0 Å². The number of rotatable bonds is 5. The Morgan fingerprint density at radius 3 is 2.14 bits per heavy atom. The third-order valence-electron chi connectivity index (χ3n) is 5.59. The second-order valence-corrected chi connectivity index (χ2v) is 8.81. The number of aromatic hydroxyl groups is 3. The number of benzene rings is 3. The molecular weight excluding hydrogens is 491 g/mol. The number of carbonyl (C=O) groups is 1. The summed E-state index contributed by atoms with van der Waals surface area (Å²) in [5.74, 6) is -3.33. The highest BCUT2D eigenvalue weighted by Crippen LogP contribution is 2.37.